The van der Waals surface area contributed by atoms with Gasteiger partial charge in [0.2, 0.25) is 10.1 Å². The average molecular weight is 443 g/mol. The summed E-state index contributed by atoms with van der Waals surface area (Å²) in [6, 6.07) is 10.2. The van der Waals surface area contributed by atoms with Gasteiger partial charge in [-0.25, -0.2) is 4.98 Å². The summed E-state index contributed by atoms with van der Waals surface area (Å²) in [5, 5.41) is 9.46. The molecule has 0 atom stereocenters. The van der Waals surface area contributed by atoms with Gasteiger partial charge in [-0.3, -0.25) is 9.69 Å². The normalized spacial score (nSPS) is 15.4. The highest BCUT2D eigenvalue weighted by Gasteiger charge is 2.25. The molecule has 1 N–H and O–H groups in total. The van der Waals surface area contributed by atoms with Crippen LogP contribution in [-0.4, -0.2) is 70.3 Å². The Bertz CT molecular complexity index is 1030. The number of nitrogens with zero attached hydrogens (tertiary/aromatic N) is 5. The maximum Gasteiger partial charge on any atom is 0.320 e. The molecule has 0 spiro atoms. The predicted molar refractivity (Wildman–Crippen MR) is 125 cm³/mol. The maximum atomic E-state index is 11.7. The second kappa shape index (κ2) is 8.84. The van der Waals surface area contributed by atoms with Crippen molar-refractivity contribution in [2.45, 2.75) is 33.2 Å². The van der Waals surface area contributed by atoms with Crippen LogP contribution in [0.1, 0.15) is 27.7 Å². The Balaban J connectivity index is 1.55. The third-order valence-electron chi connectivity index (χ3n) is 5.03. The Morgan fingerprint density at radius 2 is 1.87 bits per heavy atom. The van der Waals surface area contributed by atoms with Crippen LogP contribution in [0.2, 0.25) is 0 Å². The fraction of sp³-hybridized carbons (Fsp3) is 0.500. The summed E-state index contributed by atoms with van der Waals surface area (Å²) >= 11 is 1.60. The fourth-order valence-electron chi connectivity index (χ4n) is 3.62. The van der Waals surface area contributed by atoms with Crippen molar-refractivity contribution in [3.63, 3.8) is 0 Å². The van der Waals surface area contributed by atoms with Crippen molar-refractivity contribution in [3.8, 4) is 11.3 Å². The summed E-state index contributed by atoms with van der Waals surface area (Å²) in [7, 11) is 0. The van der Waals surface area contributed by atoms with E-state index >= 15 is 0 Å². The molecule has 3 aromatic rings. The number of aromatic nitrogens is 3. The third kappa shape index (κ3) is 4.99. The highest BCUT2D eigenvalue weighted by Crippen LogP contribution is 2.34. The molecule has 2 aromatic heterocycles. The molecule has 0 bridgehead atoms. The fourth-order valence-corrected chi connectivity index (χ4v) is 4.57. The van der Waals surface area contributed by atoms with Crippen molar-refractivity contribution >= 4 is 33.2 Å². The average Bonchev–Trinajstić information content (AvgIpc) is 3.28. The quantitative estimate of drug-likeness (QED) is 0.587. The van der Waals surface area contributed by atoms with Gasteiger partial charge in [0, 0.05) is 37.3 Å². The number of anilines is 2. The van der Waals surface area contributed by atoms with Crippen LogP contribution in [0, 0.1) is 0 Å². The van der Waals surface area contributed by atoms with E-state index in [1.54, 1.807) is 11.3 Å². The molecule has 0 saturated carbocycles. The van der Waals surface area contributed by atoms with Crippen molar-refractivity contribution in [2.75, 3.05) is 49.5 Å². The number of piperazine rings is 1. The van der Waals surface area contributed by atoms with E-state index in [4.69, 9.17) is 14.8 Å². The van der Waals surface area contributed by atoms with E-state index in [0.717, 1.165) is 53.3 Å². The lowest BCUT2D eigenvalue weighted by Gasteiger charge is -2.33. The number of hydrogen-bond acceptors (Lipinski definition) is 8. The Kier molecular flexibility index (Phi) is 6.15. The van der Waals surface area contributed by atoms with Crippen molar-refractivity contribution in [2.24, 2.45) is 0 Å². The molecule has 9 heteroatoms. The third-order valence-corrected chi connectivity index (χ3v) is 6.00. The zero-order chi connectivity index (χ0) is 22.0. The lowest BCUT2D eigenvalue weighted by atomic mass is 10.1. The number of esters is 1. The standard InChI is InChI=1S/C22H30N6O2S/c1-5-30-17(29)15-26-11-13-27(14-12-26)21-25-28-19(24-22(2,3)4)18(23-20(28)31-21)16-9-7-6-8-10-16/h6-10,24H,5,11-15H2,1-4H3. The summed E-state index contributed by atoms with van der Waals surface area (Å²) in [6.07, 6.45) is 0. The molecule has 1 aromatic carbocycles. The number of imidazole rings is 1. The van der Waals surface area contributed by atoms with E-state index in [0.29, 0.717) is 13.2 Å². The Morgan fingerprint density at radius 1 is 1.16 bits per heavy atom. The summed E-state index contributed by atoms with van der Waals surface area (Å²) in [6.45, 7) is 12.3. The van der Waals surface area contributed by atoms with Crippen LogP contribution in [-0.2, 0) is 9.53 Å². The van der Waals surface area contributed by atoms with Gasteiger partial charge in [-0.2, -0.15) is 4.52 Å². The number of hydrogen-bond donors (Lipinski definition) is 1. The van der Waals surface area contributed by atoms with Gasteiger partial charge in [-0.15, -0.1) is 5.10 Å². The second-order valence-electron chi connectivity index (χ2n) is 8.70. The molecule has 1 saturated heterocycles. The van der Waals surface area contributed by atoms with E-state index in [1.807, 2.05) is 29.6 Å². The minimum Gasteiger partial charge on any atom is -0.465 e. The molecule has 0 unspecified atom stereocenters. The molecule has 1 fully saturated rings. The first kappa shape index (κ1) is 21.6. The van der Waals surface area contributed by atoms with E-state index in [9.17, 15) is 4.79 Å². The Hall–Kier alpha value is -2.65. The van der Waals surface area contributed by atoms with Gasteiger partial charge < -0.3 is 15.0 Å². The van der Waals surface area contributed by atoms with E-state index in [-0.39, 0.29) is 11.5 Å². The molecule has 0 aliphatic carbocycles. The maximum absolute atomic E-state index is 11.7. The Morgan fingerprint density at radius 3 is 2.52 bits per heavy atom. The topological polar surface area (TPSA) is 75.0 Å². The molecule has 1 aliphatic rings. The van der Waals surface area contributed by atoms with Gasteiger partial charge in [-0.05, 0) is 27.7 Å². The highest BCUT2D eigenvalue weighted by atomic mass is 32.1. The van der Waals surface area contributed by atoms with Crippen molar-refractivity contribution in [1.29, 1.82) is 0 Å². The van der Waals surface area contributed by atoms with Crippen molar-refractivity contribution in [1.82, 2.24) is 19.5 Å². The largest absolute Gasteiger partial charge is 0.465 e. The van der Waals surface area contributed by atoms with Gasteiger partial charge in [-0.1, -0.05) is 41.7 Å². The summed E-state index contributed by atoms with van der Waals surface area (Å²) in [5.41, 5.74) is 1.86. The molecule has 166 valence electrons. The van der Waals surface area contributed by atoms with Crippen LogP contribution in [0.3, 0.4) is 0 Å². The van der Waals surface area contributed by atoms with Gasteiger partial charge in [0.1, 0.15) is 5.69 Å². The molecular formula is C22H30N6O2S. The lowest BCUT2D eigenvalue weighted by molar-refractivity contribution is -0.144. The molecule has 0 radical (unpaired) electrons. The van der Waals surface area contributed by atoms with Crippen molar-refractivity contribution in [3.05, 3.63) is 30.3 Å². The lowest BCUT2D eigenvalue weighted by Crippen LogP contribution is -2.48. The number of ether oxygens (including phenoxy) is 1. The minimum atomic E-state index is -0.157. The first-order valence-corrected chi connectivity index (χ1v) is 11.5. The van der Waals surface area contributed by atoms with Crippen molar-refractivity contribution < 1.29 is 9.53 Å². The SMILES string of the molecule is CCOC(=O)CN1CCN(c2nn3c(NC(C)(C)C)c(-c4ccccc4)nc3s2)CC1. The minimum absolute atomic E-state index is 0.123. The van der Waals surface area contributed by atoms with E-state index in [2.05, 4.69) is 48.0 Å². The molecule has 3 heterocycles. The number of rotatable bonds is 6. The molecule has 31 heavy (non-hydrogen) atoms. The van der Waals surface area contributed by atoms with Crippen LogP contribution in [0.25, 0.3) is 16.2 Å². The zero-order valence-corrected chi connectivity index (χ0v) is 19.4. The van der Waals surface area contributed by atoms with Gasteiger partial charge in [0.15, 0.2) is 5.82 Å². The van der Waals surface area contributed by atoms with Gasteiger partial charge >= 0.3 is 5.97 Å². The number of nitrogens with one attached hydrogen (secondary N) is 1. The van der Waals surface area contributed by atoms with E-state index < -0.39 is 0 Å². The number of carbonyl (C=O) groups is 1. The first-order valence-electron chi connectivity index (χ1n) is 10.7. The Labute approximate surface area is 186 Å². The molecule has 0 amide bonds. The van der Waals surface area contributed by atoms with E-state index in [1.165, 1.54) is 0 Å². The number of benzene rings is 1. The molecule has 1 aliphatic heterocycles. The van der Waals surface area contributed by atoms with Crippen LogP contribution in [0.4, 0.5) is 10.9 Å². The molecular weight excluding hydrogens is 412 g/mol. The highest BCUT2D eigenvalue weighted by molar-refractivity contribution is 7.20. The summed E-state index contributed by atoms with van der Waals surface area (Å²) in [4.78, 5) is 21.9. The monoisotopic (exact) mass is 442 g/mol. The van der Waals surface area contributed by atoms with Crippen LogP contribution in [0.5, 0.6) is 0 Å². The number of fused-ring (bicyclic) bond motifs is 1. The van der Waals surface area contributed by atoms with Crippen LogP contribution < -0.4 is 10.2 Å². The molecule has 8 nitrogen and oxygen atoms in total. The van der Waals surface area contributed by atoms with Crippen LogP contribution in [0.15, 0.2) is 30.3 Å². The smallest absolute Gasteiger partial charge is 0.320 e. The number of carbonyl (C=O) groups excluding carboxylic acids is 1. The van der Waals surface area contributed by atoms with Gasteiger partial charge in [0.25, 0.3) is 0 Å². The second-order valence-corrected chi connectivity index (χ2v) is 9.63. The molecule has 4 rings (SSSR count). The van der Waals surface area contributed by atoms with Gasteiger partial charge in [0.05, 0.1) is 13.2 Å². The summed E-state index contributed by atoms with van der Waals surface area (Å²) in [5.74, 6) is 0.757. The van der Waals surface area contributed by atoms with Crippen LogP contribution >= 0.6 is 11.3 Å². The zero-order valence-electron chi connectivity index (χ0n) is 18.6. The predicted octanol–water partition coefficient (Wildman–Crippen LogP) is 3.35. The first-order chi connectivity index (χ1) is 14.8. The summed E-state index contributed by atoms with van der Waals surface area (Å²) < 4.78 is 6.99.